The van der Waals surface area contributed by atoms with Crippen molar-refractivity contribution in [1.29, 1.82) is 0 Å². The summed E-state index contributed by atoms with van der Waals surface area (Å²) >= 11 is 0. The molecule has 9 heteroatoms. The van der Waals surface area contributed by atoms with Crippen molar-refractivity contribution < 1.29 is 44.2 Å². The van der Waals surface area contributed by atoms with Crippen LogP contribution in [0.25, 0.3) is 0 Å². The standard InChI is InChI=1S/C36H64O9/c1-4-5-13-19-29(37)23-24-33-31(32(39)25-36(42)45-33)20-15-11-12-17-22-35(41)44-27-30(38)26-43-34(40)21-16-10-8-6-7-9-14-18-28(2)3/h11,15,23-24,28-33,36-39,42H,4-10,12-14,16-22,25-27H2,1-3H3/b15-11-,24-23+/t29-,30+,31-,32-,33+,36?/m0/s1. The second kappa shape index (κ2) is 26.3. The van der Waals surface area contributed by atoms with Crippen molar-refractivity contribution in [3.05, 3.63) is 24.3 Å². The molecule has 1 fully saturated rings. The molecule has 1 aliphatic heterocycles. The molecular formula is C36H64O9. The van der Waals surface area contributed by atoms with Crippen LogP contribution in [0.4, 0.5) is 0 Å². The summed E-state index contributed by atoms with van der Waals surface area (Å²) in [5.74, 6) is -0.243. The van der Waals surface area contributed by atoms with E-state index in [1.807, 2.05) is 12.2 Å². The quantitative estimate of drug-likeness (QED) is 0.0487. The smallest absolute Gasteiger partial charge is 0.305 e. The Bertz CT molecular complexity index is 812. The highest BCUT2D eigenvalue weighted by molar-refractivity contribution is 5.69. The number of carbonyl (C=O) groups excluding carboxylic acids is 2. The molecule has 9 nitrogen and oxygen atoms in total. The number of allylic oxidation sites excluding steroid dienone is 2. The van der Waals surface area contributed by atoms with Gasteiger partial charge in [-0.25, -0.2) is 0 Å². The average Bonchev–Trinajstić information content (AvgIpc) is 2.99. The Morgan fingerprint density at radius 1 is 0.822 bits per heavy atom. The monoisotopic (exact) mass is 640 g/mol. The number of unbranched alkanes of at least 4 members (excludes halogenated alkanes) is 9. The van der Waals surface area contributed by atoms with E-state index in [1.54, 1.807) is 12.2 Å². The fourth-order valence-electron chi connectivity index (χ4n) is 5.37. The van der Waals surface area contributed by atoms with Gasteiger partial charge in [0, 0.05) is 25.2 Å². The molecule has 0 bridgehead atoms. The number of rotatable bonds is 26. The molecular weight excluding hydrogens is 576 g/mol. The van der Waals surface area contributed by atoms with Crippen LogP contribution in [0.1, 0.15) is 136 Å². The largest absolute Gasteiger partial charge is 0.463 e. The summed E-state index contributed by atoms with van der Waals surface area (Å²) < 4.78 is 15.9. The van der Waals surface area contributed by atoms with E-state index in [0.717, 1.165) is 44.4 Å². The highest BCUT2D eigenvalue weighted by Crippen LogP contribution is 2.29. The summed E-state index contributed by atoms with van der Waals surface area (Å²) in [5.41, 5.74) is 0. The maximum atomic E-state index is 12.0. The summed E-state index contributed by atoms with van der Waals surface area (Å²) in [6.07, 6.45) is 18.7. The predicted molar refractivity (Wildman–Crippen MR) is 176 cm³/mol. The Hall–Kier alpha value is -1.78. The van der Waals surface area contributed by atoms with E-state index in [9.17, 15) is 30.0 Å². The van der Waals surface area contributed by atoms with E-state index >= 15 is 0 Å². The van der Waals surface area contributed by atoms with Crippen molar-refractivity contribution in [3.8, 4) is 0 Å². The van der Waals surface area contributed by atoms with Gasteiger partial charge in [-0.1, -0.05) is 109 Å². The zero-order valence-corrected chi connectivity index (χ0v) is 28.3. The van der Waals surface area contributed by atoms with Gasteiger partial charge in [-0.2, -0.15) is 0 Å². The van der Waals surface area contributed by atoms with Crippen molar-refractivity contribution in [2.45, 2.75) is 167 Å². The molecule has 0 aliphatic carbocycles. The van der Waals surface area contributed by atoms with Gasteiger partial charge in [0.2, 0.25) is 0 Å². The van der Waals surface area contributed by atoms with Gasteiger partial charge < -0.3 is 34.6 Å². The summed E-state index contributed by atoms with van der Waals surface area (Å²) in [6.45, 7) is 6.21. The normalized spacial score (nSPS) is 21.9. The SMILES string of the molecule is CCCCC[C@H](O)/C=C/[C@H]1OC(O)C[C@H](O)[C@@H]1C/C=C\CCCC(=O)OC[C@H](O)COC(=O)CCCCCCCCCC(C)C. The molecule has 0 saturated carbocycles. The van der Waals surface area contributed by atoms with Crippen molar-refractivity contribution in [3.63, 3.8) is 0 Å². The number of aliphatic hydroxyl groups excluding tert-OH is 4. The molecule has 1 rings (SSSR count). The van der Waals surface area contributed by atoms with Crippen LogP contribution in [0.3, 0.4) is 0 Å². The first-order valence-corrected chi connectivity index (χ1v) is 17.6. The van der Waals surface area contributed by atoms with Crippen LogP contribution >= 0.6 is 0 Å². The van der Waals surface area contributed by atoms with E-state index < -0.39 is 36.7 Å². The Labute approximate surface area is 272 Å². The highest BCUT2D eigenvalue weighted by Gasteiger charge is 2.35. The third-order valence-corrected chi connectivity index (χ3v) is 8.16. The molecule has 6 atom stereocenters. The second-order valence-electron chi connectivity index (χ2n) is 13.0. The lowest BCUT2D eigenvalue weighted by molar-refractivity contribution is -0.199. The molecule has 0 aromatic rings. The van der Waals surface area contributed by atoms with Gasteiger partial charge >= 0.3 is 11.9 Å². The topological polar surface area (TPSA) is 143 Å². The minimum Gasteiger partial charge on any atom is -0.463 e. The maximum absolute atomic E-state index is 12.0. The Morgan fingerprint density at radius 3 is 2.07 bits per heavy atom. The van der Waals surface area contributed by atoms with Gasteiger partial charge in [-0.3, -0.25) is 9.59 Å². The summed E-state index contributed by atoms with van der Waals surface area (Å²) in [5, 5.41) is 40.6. The van der Waals surface area contributed by atoms with E-state index in [1.165, 1.54) is 32.1 Å². The molecule has 45 heavy (non-hydrogen) atoms. The third-order valence-electron chi connectivity index (χ3n) is 8.16. The molecule has 0 spiro atoms. The van der Waals surface area contributed by atoms with E-state index in [0.29, 0.717) is 32.1 Å². The van der Waals surface area contributed by atoms with E-state index in [2.05, 4.69) is 20.8 Å². The van der Waals surface area contributed by atoms with Gasteiger partial charge in [0.15, 0.2) is 6.29 Å². The number of hydrogen-bond donors (Lipinski definition) is 4. The average molecular weight is 641 g/mol. The molecule has 1 unspecified atom stereocenters. The van der Waals surface area contributed by atoms with Gasteiger partial charge in [0.1, 0.15) is 19.3 Å². The van der Waals surface area contributed by atoms with Crippen LogP contribution < -0.4 is 0 Å². The first-order valence-electron chi connectivity index (χ1n) is 17.6. The number of hydrogen-bond acceptors (Lipinski definition) is 9. The number of aliphatic hydroxyl groups is 4. The number of esters is 2. The molecule has 0 aromatic heterocycles. The molecule has 0 aromatic carbocycles. The van der Waals surface area contributed by atoms with Crippen LogP contribution in [0.5, 0.6) is 0 Å². The first kappa shape index (κ1) is 41.2. The lowest BCUT2D eigenvalue weighted by Crippen LogP contribution is -2.43. The third kappa shape index (κ3) is 22.4. The maximum Gasteiger partial charge on any atom is 0.305 e. The fraction of sp³-hybridized carbons (Fsp3) is 0.833. The molecule has 1 heterocycles. The van der Waals surface area contributed by atoms with Crippen molar-refractivity contribution >= 4 is 11.9 Å². The molecule has 0 radical (unpaired) electrons. The van der Waals surface area contributed by atoms with Gasteiger partial charge in [0.25, 0.3) is 0 Å². The van der Waals surface area contributed by atoms with Gasteiger partial charge in [0.05, 0.1) is 18.3 Å². The lowest BCUT2D eigenvalue weighted by atomic mass is 9.87. The minimum absolute atomic E-state index is 0.137. The molecule has 262 valence electrons. The molecule has 1 aliphatic rings. The van der Waals surface area contributed by atoms with Crippen molar-refractivity contribution in [2.24, 2.45) is 11.8 Å². The Balaban J connectivity index is 2.16. The lowest BCUT2D eigenvalue weighted by Gasteiger charge is -2.36. The summed E-state index contributed by atoms with van der Waals surface area (Å²) in [4.78, 5) is 24.0. The van der Waals surface area contributed by atoms with E-state index in [-0.39, 0.29) is 37.9 Å². The zero-order chi connectivity index (χ0) is 33.3. The van der Waals surface area contributed by atoms with E-state index in [4.69, 9.17) is 14.2 Å². The van der Waals surface area contributed by atoms with Crippen molar-refractivity contribution in [2.75, 3.05) is 13.2 Å². The fourth-order valence-corrected chi connectivity index (χ4v) is 5.37. The van der Waals surface area contributed by atoms with Crippen LogP contribution in [-0.4, -0.2) is 76.3 Å². The van der Waals surface area contributed by atoms with Gasteiger partial charge in [-0.05, 0) is 38.0 Å². The second-order valence-corrected chi connectivity index (χ2v) is 13.0. The van der Waals surface area contributed by atoms with Crippen LogP contribution in [0.2, 0.25) is 0 Å². The predicted octanol–water partition coefficient (Wildman–Crippen LogP) is 6.30. The Kier molecular flexibility index (Phi) is 24.1. The number of carbonyl (C=O) groups is 2. The molecule has 1 saturated heterocycles. The van der Waals surface area contributed by atoms with Crippen LogP contribution in [0, 0.1) is 11.8 Å². The highest BCUT2D eigenvalue weighted by atomic mass is 16.6. The minimum atomic E-state index is -1.05. The molecule has 0 amide bonds. The van der Waals surface area contributed by atoms with Crippen molar-refractivity contribution in [1.82, 2.24) is 0 Å². The van der Waals surface area contributed by atoms with Crippen LogP contribution in [-0.2, 0) is 23.8 Å². The summed E-state index contributed by atoms with van der Waals surface area (Å²) in [6, 6.07) is 0. The van der Waals surface area contributed by atoms with Gasteiger partial charge in [-0.15, -0.1) is 0 Å². The zero-order valence-electron chi connectivity index (χ0n) is 28.3. The molecule has 4 N–H and O–H groups in total. The summed E-state index contributed by atoms with van der Waals surface area (Å²) in [7, 11) is 0. The number of ether oxygens (including phenoxy) is 3. The van der Waals surface area contributed by atoms with Crippen LogP contribution in [0.15, 0.2) is 24.3 Å². The Morgan fingerprint density at radius 2 is 1.42 bits per heavy atom. The first-order chi connectivity index (χ1) is 21.6.